The Morgan fingerprint density at radius 1 is 1.32 bits per heavy atom. The zero-order valence-electron chi connectivity index (χ0n) is 12.4. The van der Waals surface area contributed by atoms with Crippen molar-refractivity contribution in [2.75, 3.05) is 20.1 Å². The number of rotatable bonds is 2. The summed E-state index contributed by atoms with van der Waals surface area (Å²) in [5, 5.41) is 3.35. The van der Waals surface area contributed by atoms with Crippen LogP contribution in [0.1, 0.15) is 42.3 Å². The summed E-state index contributed by atoms with van der Waals surface area (Å²) < 4.78 is 0. The smallest absolute Gasteiger partial charge is 0.253 e. The highest BCUT2D eigenvalue weighted by Crippen LogP contribution is 2.19. The molecule has 0 unspecified atom stereocenters. The van der Waals surface area contributed by atoms with E-state index in [1.54, 1.807) is 0 Å². The summed E-state index contributed by atoms with van der Waals surface area (Å²) in [6.45, 7) is 9.11. The van der Waals surface area contributed by atoms with Crippen molar-refractivity contribution < 1.29 is 4.79 Å². The largest absolute Gasteiger partial charge is 0.341 e. The lowest BCUT2D eigenvalue weighted by Gasteiger charge is -2.27. The molecule has 0 atom stereocenters. The number of fused-ring (bicyclic) bond motifs is 1. The third kappa shape index (κ3) is 3.57. The third-order valence-electron chi connectivity index (χ3n) is 3.40. The second-order valence-electron chi connectivity index (χ2n) is 6.63. The summed E-state index contributed by atoms with van der Waals surface area (Å²) in [7, 11) is 1.88. The normalized spacial score (nSPS) is 14.9. The van der Waals surface area contributed by atoms with Crippen LogP contribution in [0.15, 0.2) is 18.2 Å². The van der Waals surface area contributed by atoms with Gasteiger partial charge in [-0.1, -0.05) is 26.8 Å². The van der Waals surface area contributed by atoms with Gasteiger partial charge in [-0.15, -0.1) is 0 Å². The van der Waals surface area contributed by atoms with Gasteiger partial charge >= 0.3 is 0 Å². The van der Waals surface area contributed by atoms with Crippen LogP contribution in [0.5, 0.6) is 0 Å². The fourth-order valence-electron chi connectivity index (χ4n) is 2.62. The van der Waals surface area contributed by atoms with E-state index in [0.717, 1.165) is 31.6 Å². The predicted molar refractivity (Wildman–Crippen MR) is 78.3 cm³/mol. The molecule has 1 amide bonds. The molecule has 1 aliphatic heterocycles. The van der Waals surface area contributed by atoms with Crippen molar-refractivity contribution in [3.8, 4) is 0 Å². The fraction of sp³-hybridized carbons (Fsp3) is 0.562. The molecule has 0 radical (unpaired) electrons. The molecule has 0 fully saturated rings. The minimum absolute atomic E-state index is 0.114. The Balaban J connectivity index is 2.15. The highest BCUT2D eigenvalue weighted by molar-refractivity contribution is 5.94. The monoisotopic (exact) mass is 260 g/mol. The van der Waals surface area contributed by atoms with Gasteiger partial charge in [0, 0.05) is 25.7 Å². The first-order valence-corrected chi connectivity index (χ1v) is 6.95. The van der Waals surface area contributed by atoms with Crippen LogP contribution in [0.25, 0.3) is 0 Å². The first kappa shape index (κ1) is 14.1. The van der Waals surface area contributed by atoms with Crippen LogP contribution >= 0.6 is 0 Å². The molecule has 3 heteroatoms. The van der Waals surface area contributed by atoms with E-state index < -0.39 is 0 Å². The minimum atomic E-state index is 0.114. The van der Waals surface area contributed by atoms with Gasteiger partial charge in [-0.05, 0) is 41.6 Å². The molecule has 0 spiro atoms. The van der Waals surface area contributed by atoms with Gasteiger partial charge in [-0.3, -0.25) is 4.79 Å². The van der Waals surface area contributed by atoms with E-state index in [-0.39, 0.29) is 11.3 Å². The van der Waals surface area contributed by atoms with E-state index in [1.165, 1.54) is 11.1 Å². The highest BCUT2D eigenvalue weighted by Gasteiger charge is 2.20. The summed E-state index contributed by atoms with van der Waals surface area (Å²) in [6.07, 6.45) is 1.06. The summed E-state index contributed by atoms with van der Waals surface area (Å²) >= 11 is 0. The Morgan fingerprint density at radius 2 is 2.05 bits per heavy atom. The minimum Gasteiger partial charge on any atom is -0.341 e. The Kier molecular flexibility index (Phi) is 3.95. The number of carbonyl (C=O) groups excluding carboxylic acids is 1. The fourth-order valence-corrected chi connectivity index (χ4v) is 2.62. The first-order valence-electron chi connectivity index (χ1n) is 6.95. The van der Waals surface area contributed by atoms with Crippen molar-refractivity contribution in [1.82, 2.24) is 10.2 Å². The van der Waals surface area contributed by atoms with Crippen molar-refractivity contribution in [2.24, 2.45) is 5.41 Å². The van der Waals surface area contributed by atoms with Gasteiger partial charge in [0.15, 0.2) is 0 Å². The van der Waals surface area contributed by atoms with Crippen LogP contribution in [0, 0.1) is 5.41 Å². The molecular weight excluding hydrogens is 236 g/mol. The van der Waals surface area contributed by atoms with Gasteiger partial charge < -0.3 is 10.2 Å². The number of hydrogen-bond donors (Lipinski definition) is 1. The molecule has 0 aliphatic carbocycles. The number of amides is 1. The number of nitrogens with one attached hydrogen (secondary N) is 1. The zero-order chi connectivity index (χ0) is 14.0. The highest BCUT2D eigenvalue weighted by atomic mass is 16.2. The molecule has 1 aromatic rings. The Bertz CT molecular complexity index is 474. The van der Waals surface area contributed by atoms with Crippen LogP contribution in [0.3, 0.4) is 0 Å². The van der Waals surface area contributed by atoms with Crippen LogP contribution in [0.2, 0.25) is 0 Å². The molecule has 0 saturated carbocycles. The van der Waals surface area contributed by atoms with Gasteiger partial charge in [0.2, 0.25) is 0 Å². The topological polar surface area (TPSA) is 32.3 Å². The molecule has 0 bridgehead atoms. The quantitative estimate of drug-likeness (QED) is 0.886. The number of benzene rings is 1. The molecule has 2 rings (SSSR count). The van der Waals surface area contributed by atoms with E-state index in [4.69, 9.17) is 0 Å². The van der Waals surface area contributed by atoms with E-state index in [9.17, 15) is 4.79 Å². The van der Waals surface area contributed by atoms with Gasteiger partial charge in [0.05, 0.1) is 0 Å². The van der Waals surface area contributed by atoms with Crippen molar-refractivity contribution in [1.29, 1.82) is 0 Å². The van der Waals surface area contributed by atoms with Crippen molar-refractivity contribution in [3.63, 3.8) is 0 Å². The second kappa shape index (κ2) is 5.33. The molecule has 1 aliphatic rings. The Hall–Kier alpha value is -1.35. The van der Waals surface area contributed by atoms with Gasteiger partial charge in [-0.2, -0.15) is 0 Å². The van der Waals surface area contributed by atoms with E-state index >= 15 is 0 Å². The summed E-state index contributed by atoms with van der Waals surface area (Å²) in [5.41, 5.74) is 3.56. The molecule has 1 heterocycles. The van der Waals surface area contributed by atoms with Crippen LogP contribution < -0.4 is 5.32 Å². The van der Waals surface area contributed by atoms with Crippen molar-refractivity contribution in [2.45, 2.75) is 33.7 Å². The molecule has 0 aromatic heterocycles. The van der Waals surface area contributed by atoms with Crippen molar-refractivity contribution in [3.05, 3.63) is 34.9 Å². The lowest BCUT2D eigenvalue weighted by Crippen LogP contribution is -2.34. The SMILES string of the molecule is CN(CC(C)(C)C)C(=O)c1ccc2c(c1)CNCC2. The molecular formula is C16H24N2O. The van der Waals surface area contributed by atoms with Crippen LogP contribution in [0.4, 0.5) is 0 Å². The second-order valence-corrected chi connectivity index (χ2v) is 6.63. The van der Waals surface area contributed by atoms with Crippen LogP contribution in [-0.2, 0) is 13.0 Å². The van der Waals surface area contributed by atoms with Crippen LogP contribution in [-0.4, -0.2) is 30.9 Å². The Labute approximate surface area is 116 Å². The summed E-state index contributed by atoms with van der Waals surface area (Å²) in [4.78, 5) is 14.2. The lowest BCUT2D eigenvalue weighted by molar-refractivity contribution is 0.0745. The zero-order valence-corrected chi connectivity index (χ0v) is 12.4. The average molecular weight is 260 g/mol. The first-order chi connectivity index (χ1) is 8.87. The van der Waals surface area contributed by atoms with Gasteiger partial charge in [0.25, 0.3) is 5.91 Å². The molecule has 3 nitrogen and oxygen atoms in total. The average Bonchev–Trinajstić information content (AvgIpc) is 2.35. The number of carbonyl (C=O) groups is 1. The molecule has 0 saturated heterocycles. The summed E-state index contributed by atoms with van der Waals surface area (Å²) in [6, 6.07) is 6.11. The van der Waals surface area contributed by atoms with Crippen molar-refractivity contribution >= 4 is 5.91 Å². The number of hydrogen-bond acceptors (Lipinski definition) is 2. The Morgan fingerprint density at radius 3 is 2.74 bits per heavy atom. The van der Waals surface area contributed by atoms with Gasteiger partial charge in [-0.25, -0.2) is 0 Å². The maximum atomic E-state index is 12.4. The lowest BCUT2D eigenvalue weighted by atomic mass is 9.95. The van der Waals surface area contributed by atoms with E-state index in [2.05, 4.69) is 32.2 Å². The maximum Gasteiger partial charge on any atom is 0.253 e. The molecule has 1 N–H and O–H groups in total. The predicted octanol–water partition coefficient (Wildman–Crippen LogP) is 2.45. The standard InChI is InChI=1S/C16H24N2O/c1-16(2,3)11-18(4)15(19)13-6-5-12-7-8-17-10-14(12)9-13/h5-6,9,17H,7-8,10-11H2,1-4H3. The van der Waals surface area contributed by atoms with Gasteiger partial charge in [0.1, 0.15) is 0 Å². The molecule has 104 valence electrons. The number of nitrogens with zero attached hydrogens (tertiary/aromatic N) is 1. The van der Waals surface area contributed by atoms with E-state index in [0.29, 0.717) is 0 Å². The van der Waals surface area contributed by atoms with E-state index in [1.807, 2.05) is 24.1 Å². The summed E-state index contributed by atoms with van der Waals surface area (Å²) in [5.74, 6) is 0.114. The molecule has 19 heavy (non-hydrogen) atoms. The maximum absolute atomic E-state index is 12.4. The molecule has 1 aromatic carbocycles. The third-order valence-corrected chi connectivity index (χ3v) is 3.40.